The molecule has 27 heavy (non-hydrogen) atoms. The summed E-state index contributed by atoms with van der Waals surface area (Å²) in [5.74, 6) is -2.02. The van der Waals surface area contributed by atoms with Crippen molar-refractivity contribution in [2.45, 2.75) is 6.54 Å². The molecule has 0 radical (unpaired) electrons. The molecule has 2 nitrogen and oxygen atoms in total. The molecule has 0 saturated heterocycles. The Morgan fingerprint density at radius 2 is 1.41 bits per heavy atom. The average molecular weight is 388 g/mol. The van der Waals surface area contributed by atoms with Crippen molar-refractivity contribution in [3.63, 3.8) is 0 Å². The molecule has 3 aromatic rings. The highest BCUT2D eigenvalue weighted by Gasteiger charge is 2.14. The molecule has 0 aliphatic carbocycles. The Kier molecular flexibility index (Phi) is 6.83. The molecule has 0 fully saturated rings. The van der Waals surface area contributed by atoms with E-state index in [0.29, 0.717) is 5.56 Å². The lowest BCUT2D eigenvalue weighted by atomic mass is 9.98. The molecule has 5 heteroatoms. The van der Waals surface area contributed by atoms with Gasteiger partial charge in [-0.3, -0.25) is 4.79 Å². The maximum atomic E-state index is 13.8. The van der Waals surface area contributed by atoms with Crippen LogP contribution in [0, 0.1) is 11.6 Å². The van der Waals surface area contributed by atoms with Gasteiger partial charge >= 0.3 is 0 Å². The van der Waals surface area contributed by atoms with Gasteiger partial charge in [0.1, 0.15) is 11.6 Å². The molecular formula is C22H20ClF2NO. The highest BCUT2D eigenvalue weighted by Crippen LogP contribution is 2.22. The van der Waals surface area contributed by atoms with Crippen LogP contribution < -0.4 is 0 Å². The van der Waals surface area contributed by atoms with Gasteiger partial charge in [-0.15, -0.1) is 12.4 Å². The van der Waals surface area contributed by atoms with Gasteiger partial charge in [0.05, 0.1) is 5.56 Å². The fourth-order valence-electron chi connectivity index (χ4n) is 2.81. The Labute approximate surface area is 163 Å². The zero-order valence-electron chi connectivity index (χ0n) is 15.1. The molecule has 3 aromatic carbocycles. The normalized spacial score (nSPS) is 10.6. The number of carbonyl (C=O) groups is 1. The van der Waals surface area contributed by atoms with E-state index in [9.17, 15) is 13.6 Å². The van der Waals surface area contributed by atoms with Crippen molar-refractivity contribution in [3.8, 4) is 11.1 Å². The van der Waals surface area contributed by atoms with E-state index in [-0.39, 0.29) is 18.0 Å². The fraction of sp³-hybridized carbons (Fsp3) is 0.136. The summed E-state index contributed by atoms with van der Waals surface area (Å²) < 4.78 is 26.8. The highest BCUT2D eigenvalue weighted by atomic mass is 35.5. The molecule has 140 valence electrons. The summed E-state index contributed by atoms with van der Waals surface area (Å²) in [5, 5.41) is 0. The van der Waals surface area contributed by atoms with E-state index in [4.69, 9.17) is 0 Å². The van der Waals surface area contributed by atoms with Crippen molar-refractivity contribution in [1.29, 1.82) is 0 Å². The van der Waals surface area contributed by atoms with Gasteiger partial charge in [0.2, 0.25) is 0 Å². The van der Waals surface area contributed by atoms with Crippen LogP contribution in [0.3, 0.4) is 0 Å². The van der Waals surface area contributed by atoms with Crippen LogP contribution in [-0.2, 0) is 6.54 Å². The topological polar surface area (TPSA) is 20.3 Å². The second kappa shape index (κ2) is 8.89. The van der Waals surface area contributed by atoms with Gasteiger partial charge in [0.15, 0.2) is 5.78 Å². The number of halogens is 3. The molecule has 0 N–H and O–H groups in total. The van der Waals surface area contributed by atoms with Crippen molar-refractivity contribution >= 4 is 18.2 Å². The quantitative estimate of drug-likeness (QED) is 0.550. The summed E-state index contributed by atoms with van der Waals surface area (Å²) in [5.41, 5.74) is 3.46. The largest absolute Gasteiger partial charge is 0.305 e. The lowest BCUT2D eigenvalue weighted by molar-refractivity contribution is 0.103. The van der Waals surface area contributed by atoms with Crippen LogP contribution in [0.2, 0.25) is 0 Å². The summed E-state index contributed by atoms with van der Waals surface area (Å²) in [6.07, 6.45) is 0. The van der Waals surface area contributed by atoms with Crippen molar-refractivity contribution in [3.05, 3.63) is 95.1 Å². The molecule has 0 saturated carbocycles. The minimum absolute atomic E-state index is 0. The lowest BCUT2D eigenvalue weighted by Crippen LogP contribution is -2.10. The van der Waals surface area contributed by atoms with Gasteiger partial charge < -0.3 is 4.90 Å². The number of rotatable bonds is 5. The van der Waals surface area contributed by atoms with Gasteiger partial charge in [0.25, 0.3) is 0 Å². The summed E-state index contributed by atoms with van der Waals surface area (Å²) >= 11 is 0. The van der Waals surface area contributed by atoms with Crippen LogP contribution in [-0.4, -0.2) is 24.8 Å². The van der Waals surface area contributed by atoms with Crippen LogP contribution in [0.15, 0.2) is 66.7 Å². The Morgan fingerprint density at radius 1 is 0.852 bits per heavy atom. The van der Waals surface area contributed by atoms with Crippen LogP contribution in [0.25, 0.3) is 11.1 Å². The second-order valence-corrected chi connectivity index (χ2v) is 6.47. The Hall–Kier alpha value is -2.56. The van der Waals surface area contributed by atoms with Crippen LogP contribution in [0.4, 0.5) is 8.78 Å². The Bertz CT molecular complexity index is 922. The first kappa shape index (κ1) is 20.7. The molecule has 3 rings (SSSR count). The summed E-state index contributed by atoms with van der Waals surface area (Å²) in [4.78, 5) is 14.5. The maximum absolute atomic E-state index is 13.8. The van der Waals surface area contributed by atoms with E-state index in [1.165, 1.54) is 11.6 Å². The molecule has 0 bridgehead atoms. The average Bonchev–Trinajstić information content (AvgIpc) is 2.61. The molecule has 0 aliphatic rings. The van der Waals surface area contributed by atoms with Crippen molar-refractivity contribution < 1.29 is 13.6 Å². The SMILES string of the molecule is CN(C)Cc1ccc(-c2ccc(C(=O)c3ccc(F)cc3F)cc2)cc1.Cl. The molecule has 0 amide bonds. The van der Waals surface area contributed by atoms with E-state index in [0.717, 1.165) is 29.8 Å². The number of ketones is 1. The maximum Gasteiger partial charge on any atom is 0.195 e. The molecule has 0 aromatic heterocycles. The van der Waals surface area contributed by atoms with Gasteiger partial charge in [0, 0.05) is 18.2 Å². The zero-order chi connectivity index (χ0) is 18.7. The Morgan fingerprint density at radius 3 is 1.93 bits per heavy atom. The molecule has 0 unspecified atom stereocenters. The lowest BCUT2D eigenvalue weighted by Gasteiger charge is -2.10. The zero-order valence-corrected chi connectivity index (χ0v) is 15.9. The third-order valence-electron chi connectivity index (χ3n) is 4.11. The van der Waals surface area contributed by atoms with E-state index in [1.807, 2.05) is 38.4 Å². The van der Waals surface area contributed by atoms with Gasteiger partial charge in [-0.2, -0.15) is 0 Å². The van der Waals surface area contributed by atoms with E-state index in [2.05, 4.69) is 17.0 Å². The van der Waals surface area contributed by atoms with E-state index in [1.54, 1.807) is 12.1 Å². The predicted molar refractivity (Wildman–Crippen MR) is 106 cm³/mol. The van der Waals surface area contributed by atoms with Gasteiger partial charge in [-0.05, 0) is 42.9 Å². The summed E-state index contributed by atoms with van der Waals surface area (Å²) in [6.45, 7) is 0.872. The standard InChI is InChI=1S/C22H19F2NO.ClH/c1-25(2)14-15-3-5-16(6-4-15)17-7-9-18(10-8-17)22(26)20-12-11-19(23)13-21(20)24;/h3-13H,14H2,1-2H3;1H. The molecule has 0 spiro atoms. The van der Waals surface area contributed by atoms with Crippen molar-refractivity contribution in [1.82, 2.24) is 4.90 Å². The first-order valence-corrected chi connectivity index (χ1v) is 8.28. The van der Waals surface area contributed by atoms with Crippen molar-refractivity contribution in [2.24, 2.45) is 0 Å². The highest BCUT2D eigenvalue weighted by molar-refractivity contribution is 6.09. The third kappa shape index (κ3) is 5.00. The summed E-state index contributed by atoms with van der Waals surface area (Å²) in [6, 6.07) is 18.2. The first-order valence-electron chi connectivity index (χ1n) is 8.28. The van der Waals surface area contributed by atoms with E-state index >= 15 is 0 Å². The smallest absolute Gasteiger partial charge is 0.195 e. The van der Waals surface area contributed by atoms with Gasteiger partial charge in [-0.1, -0.05) is 48.5 Å². The fourth-order valence-corrected chi connectivity index (χ4v) is 2.81. The number of hydrogen-bond donors (Lipinski definition) is 0. The van der Waals surface area contributed by atoms with Gasteiger partial charge in [-0.25, -0.2) is 8.78 Å². The minimum Gasteiger partial charge on any atom is -0.305 e. The van der Waals surface area contributed by atoms with Crippen molar-refractivity contribution in [2.75, 3.05) is 14.1 Å². The predicted octanol–water partition coefficient (Wildman–Crippen LogP) is 5.35. The molecule has 0 atom stereocenters. The van der Waals surface area contributed by atoms with Crippen LogP contribution >= 0.6 is 12.4 Å². The molecule has 0 aliphatic heterocycles. The second-order valence-electron chi connectivity index (χ2n) is 6.47. The van der Waals surface area contributed by atoms with E-state index < -0.39 is 17.4 Å². The number of carbonyl (C=O) groups excluding carboxylic acids is 1. The van der Waals surface area contributed by atoms with Crippen LogP contribution in [0.5, 0.6) is 0 Å². The number of benzene rings is 3. The first-order chi connectivity index (χ1) is 12.4. The number of hydrogen-bond acceptors (Lipinski definition) is 2. The Balaban J connectivity index is 0.00000261. The number of nitrogens with zero attached hydrogens (tertiary/aromatic N) is 1. The summed E-state index contributed by atoms with van der Waals surface area (Å²) in [7, 11) is 4.04. The third-order valence-corrected chi connectivity index (χ3v) is 4.11. The molecular weight excluding hydrogens is 368 g/mol. The monoisotopic (exact) mass is 387 g/mol. The van der Waals surface area contributed by atoms with Crippen LogP contribution in [0.1, 0.15) is 21.5 Å². The molecule has 0 heterocycles. The minimum atomic E-state index is -0.851.